The number of benzene rings is 1. The lowest BCUT2D eigenvalue weighted by atomic mass is 10.2. The minimum Gasteiger partial charge on any atom is -0.481 e. The second-order valence-electron chi connectivity index (χ2n) is 6.05. The molecule has 5 heteroatoms. The molecule has 25 heavy (non-hydrogen) atoms. The standard InChI is InChI=1S/C20H25ClN2O2/c1-2-3-12-19-22-14-17(10-5-4-6-13-20(24)25)23(19)15-16-9-7-8-11-18(16)21/h4-5,7-9,11,14H,2-3,6,10,12-13,15H2,1H3,(H,24,25)/b5-4+. The normalized spacial score (nSPS) is 11.3. The predicted molar refractivity (Wildman–Crippen MR) is 101 cm³/mol. The molecule has 134 valence electrons. The Morgan fingerprint density at radius 3 is 2.84 bits per heavy atom. The van der Waals surface area contributed by atoms with Crippen LogP contribution in [0.4, 0.5) is 0 Å². The highest BCUT2D eigenvalue weighted by Gasteiger charge is 2.11. The molecule has 0 aliphatic rings. The third-order valence-electron chi connectivity index (χ3n) is 4.08. The van der Waals surface area contributed by atoms with E-state index in [0.717, 1.165) is 47.8 Å². The molecule has 0 spiro atoms. The maximum Gasteiger partial charge on any atom is 0.303 e. The monoisotopic (exact) mass is 360 g/mol. The number of unbranched alkanes of at least 4 members (excludes halogenated alkanes) is 1. The Hall–Kier alpha value is -2.07. The van der Waals surface area contributed by atoms with E-state index in [1.807, 2.05) is 42.6 Å². The van der Waals surface area contributed by atoms with Crippen molar-refractivity contribution in [2.45, 2.75) is 52.0 Å². The van der Waals surface area contributed by atoms with Crippen LogP contribution in [0.15, 0.2) is 42.6 Å². The number of nitrogens with zero attached hydrogens (tertiary/aromatic N) is 2. The minimum atomic E-state index is -0.768. The Morgan fingerprint density at radius 2 is 2.12 bits per heavy atom. The molecule has 0 unspecified atom stereocenters. The number of hydrogen-bond donors (Lipinski definition) is 1. The number of imidazole rings is 1. The molecule has 0 bridgehead atoms. The van der Waals surface area contributed by atoms with Crippen LogP contribution in [0.2, 0.25) is 5.02 Å². The highest BCUT2D eigenvalue weighted by atomic mass is 35.5. The quantitative estimate of drug-likeness (QED) is 0.613. The molecule has 2 aromatic rings. The summed E-state index contributed by atoms with van der Waals surface area (Å²) >= 11 is 6.32. The number of rotatable bonds is 10. The summed E-state index contributed by atoms with van der Waals surface area (Å²) in [5, 5.41) is 9.45. The Kier molecular flexibility index (Phi) is 7.74. The van der Waals surface area contributed by atoms with Gasteiger partial charge in [0.05, 0.1) is 6.54 Å². The van der Waals surface area contributed by atoms with Crippen LogP contribution in [-0.2, 0) is 24.2 Å². The Morgan fingerprint density at radius 1 is 1.32 bits per heavy atom. The van der Waals surface area contributed by atoms with Crippen molar-refractivity contribution < 1.29 is 9.90 Å². The summed E-state index contributed by atoms with van der Waals surface area (Å²) in [6.07, 6.45) is 10.5. The molecule has 0 radical (unpaired) electrons. The van der Waals surface area contributed by atoms with E-state index < -0.39 is 5.97 Å². The summed E-state index contributed by atoms with van der Waals surface area (Å²) in [6.45, 7) is 2.88. The van der Waals surface area contributed by atoms with Crippen molar-refractivity contribution in [1.29, 1.82) is 0 Å². The van der Waals surface area contributed by atoms with Gasteiger partial charge in [-0.15, -0.1) is 0 Å². The minimum absolute atomic E-state index is 0.164. The maximum absolute atomic E-state index is 10.6. The highest BCUT2D eigenvalue weighted by Crippen LogP contribution is 2.19. The summed E-state index contributed by atoms with van der Waals surface area (Å²) in [6, 6.07) is 7.88. The number of carboxylic acid groups (broad SMARTS) is 1. The third kappa shape index (κ3) is 6.05. The lowest BCUT2D eigenvalue weighted by Gasteiger charge is -2.12. The zero-order chi connectivity index (χ0) is 18.1. The van der Waals surface area contributed by atoms with Crippen LogP contribution in [0.1, 0.15) is 49.7 Å². The Bertz CT molecular complexity index is 722. The van der Waals surface area contributed by atoms with Crippen LogP contribution in [0, 0.1) is 0 Å². The highest BCUT2D eigenvalue weighted by molar-refractivity contribution is 6.31. The van der Waals surface area contributed by atoms with Gasteiger partial charge in [0.1, 0.15) is 5.82 Å². The summed E-state index contributed by atoms with van der Waals surface area (Å²) in [7, 11) is 0. The topological polar surface area (TPSA) is 55.1 Å². The molecule has 1 aromatic carbocycles. The van der Waals surface area contributed by atoms with E-state index in [1.165, 1.54) is 0 Å². The fourth-order valence-corrected chi connectivity index (χ4v) is 2.87. The number of carbonyl (C=O) groups is 1. The number of aryl methyl sites for hydroxylation is 1. The third-order valence-corrected chi connectivity index (χ3v) is 4.45. The predicted octanol–water partition coefficient (Wildman–Crippen LogP) is 4.89. The molecule has 0 atom stereocenters. The fraction of sp³-hybridized carbons (Fsp3) is 0.400. The molecule has 0 fully saturated rings. The molecular formula is C20H25ClN2O2. The summed E-state index contributed by atoms with van der Waals surface area (Å²) in [5.41, 5.74) is 2.20. The average molecular weight is 361 g/mol. The molecular weight excluding hydrogens is 336 g/mol. The largest absolute Gasteiger partial charge is 0.481 e. The van der Waals surface area contributed by atoms with E-state index in [2.05, 4.69) is 16.5 Å². The van der Waals surface area contributed by atoms with Gasteiger partial charge in [-0.1, -0.05) is 55.3 Å². The van der Waals surface area contributed by atoms with Gasteiger partial charge in [-0.3, -0.25) is 4.79 Å². The van der Waals surface area contributed by atoms with Crippen LogP contribution in [-0.4, -0.2) is 20.6 Å². The average Bonchev–Trinajstić information content (AvgIpc) is 2.96. The van der Waals surface area contributed by atoms with Gasteiger partial charge in [0.15, 0.2) is 0 Å². The first-order chi connectivity index (χ1) is 12.1. The Balaban J connectivity index is 2.14. The molecule has 1 aromatic heterocycles. The molecule has 1 heterocycles. The number of carboxylic acids is 1. The first kappa shape index (κ1) is 19.3. The number of aromatic nitrogens is 2. The lowest BCUT2D eigenvalue weighted by Crippen LogP contribution is -2.09. The first-order valence-corrected chi connectivity index (χ1v) is 9.13. The Labute approximate surface area is 154 Å². The summed E-state index contributed by atoms with van der Waals surface area (Å²) in [5.74, 6) is 0.311. The van der Waals surface area contributed by atoms with E-state index >= 15 is 0 Å². The van der Waals surface area contributed by atoms with Gasteiger partial charge >= 0.3 is 5.97 Å². The van der Waals surface area contributed by atoms with Crippen LogP contribution in [0.3, 0.4) is 0 Å². The van der Waals surface area contributed by atoms with Gasteiger partial charge in [-0.25, -0.2) is 4.98 Å². The molecule has 0 amide bonds. The van der Waals surface area contributed by atoms with E-state index in [0.29, 0.717) is 13.0 Å². The van der Waals surface area contributed by atoms with E-state index in [9.17, 15) is 4.79 Å². The van der Waals surface area contributed by atoms with E-state index in [-0.39, 0.29) is 6.42 Å². The summed E-state index contributed by atoms with van der Waals surface area (Å²) < 4.78 is 2.23. The molecule has 0 aliphatic heterocycles. The van der Waals surface area contributed by atoms with Gasteiger partial charge in [0.25, 0.3) is 0 Å². The smallest absolute Gasteiger partial charge is 0.303 e. The van der Waals surface area contributed by atoms with E-state index in [1.54, 1.807) is 0 Å². The fourth-order valence-electron chi connectivity index (χ4n) is 2.67. The van der Waals surface area contributed by atoms with Crippen LogP contribution in [0.5, 0.6) is 0 Å². The van der Waals surface area contributed by atoms with Gasteiger partial charge in [0, 0.05) is 36.2 Å². The molecule has 0 aliphatic carbocycles. The number of hydrogen-bond acceptors (Lipinski definition) is 2. The number of allylic oxidation sites excluding steroid dienone is 2. The van der Waals surface area contributed by atoms with Crippen molar-refractivity contribution in [2.24, 2.45) is 0 Å². The van der Waals surface area contributed by atoms with Crippen molar-refractivity contribution >= 4 is 17.6 Å². The van der Waals surface area contributed by atoms with Crippen molar-refractivity contribution in [3.8, 4) is 0 Å². The van der Waals surface area contributed by atoms with Crippen molar-refractivity contribution in [2.75, 3.05) is 0 Å². The van der Waals surface area contributed by atoms with Gasteiger partial charge in [-0.2, -0.15) is 0 Å². The first-order valence-electron chi connectivity index (χ1n) is 8.75. The molecule has 0 saturated heterocycles. The SMILES string of the molecule is CCCCc1ncc(C/C=C/CCC(=O)O)n1Cc1ccccc1Cl. The molecule has 0 saturated carbocycles. The maximum atomic E-state index is 10.6. The van der Waals surface area contributed by atoms with Crippen LogP contribution in [0.25, 0.3) is 0 Å². The second-order valence-corrected chi connectivity index (χ2v) is 6.46. The second kappa shape index (κ2) is 10.0. The van der Waals surface area contributed by atoms with Crippen molar-refractivity contribution in [3.05, 3.63) is 64.7 Å². The van der Waals surface area contributed by atoms with E-state index in [4.69, 9.17) is 16.7 Å². The van der Waals surface area contributed by atoms with Crippen molar-refractivity contribution in [1.82, 2.24) is 9.55 Å². The number of halogens is 1. The number of aliphatic carboxylic acids is 1. The van der Waals surface area contributed by atoms with Gasteiger partial charge in [0.2, 0.25) is 0 Å². The lowest BCUT2D eigenvalue weighted by molar-refractivity contribution is -0.136. The zero-order valence-electron chi connectivity index (χ0n) is 14.6. The van der Waals surface area contributed by atoms with Crippen LogP contribution >= 0.6 is 11.6 Å². The molecule has 1 N–H and O–H groups in total. The zero-order valence-corrected chi connectivity index (χ0v) is 15.4. The van der Waals surface area contributed by atoms with Gasteiger partial charge in [-0.05, 0) is 24.5 Å². The van der Waals surface area contributed by atoms with Crippen LogP contribution < -0.4 is 0 Å². The summed E-state index contributed by atoms with van der Waals surface area (Å²) in [4.78, 5) is 15.2. The molecule has 4 nitrogen and oxygen atoms in total. The molecule has 2 rings (SSSR count). The van der Waals surface area contributed by atoms with Crippen molar-refractivity contribution in [3.63, 3.8) is 0 Å². The van der Waals surface area contributed by atoms with Gasteiger partial charge < -0.3 is 9.67 Å².